The van der Waals surface area contributed by atoms with Crippen molar-refractivity contribution in [1.29, 1.82) is 0 Å². The highest BCUT2D eigenvalue weighted by molar-refractivity contribution is 5.21. The highest BCUT2D eigenvalue weighted by Gasteiger charge is 2.29. The van der Waals surface area contributed by atoms with Gasteiger partial charge in [-0.05, 0) is 12.5 Å². The summed E-state index contributed by atoms with van der Waals surface area (Å²) in [6.07, 6.45) is -4.38. The molecule has 2 N–H and O–H groups in total. The molecule has 3 nitrogen and oxygen atoms in total. The van der Waals surface area contributed by atoms with Crippen LogP contribution in [0.25, 0.3) is 0 Å². The Morgan fingerprint density at radius 1 is 1.24 bits per heavy atom. The zero-order chi connectivity index (χ0) is 12.9. The van der Waals surface area contributed by atoms with Gasteiger partial charge in [0.05, 0.1) is 6.54 Å². The Balaban J connectivity index is 2.41. The van der Waals surface area contributed by atoms with Gasteiger partial charge >= 0.3 is 6.18 Å². The second-order valence-corrected chi connectivity index (χ2v) is 3.86. The minimum atomic E-state index is -4.38. The van der Waals surface area contributed by atoms with Crippen molar-refractivity contribution in [3.8, 4) is 0 Å². The third kappa shape index (κ3) is 5.16. The van der Waals surface area contributed by atoms with Crippen LogP contribution in [0.3, 0.4) is 0 Å². The van der Waals surface area contributed by atoms with Gasteiger partial charge in [-0.3, -0.25) is 4.84 Å². The van der Waals surface area contributed by atoms with Crippen LogP contribution in [-0.4, -0.2) is 24.4 Å². The summed E-state index contributed by atoms with van der Waals surface area (Å²) in [4.78, 5) is 4.22. The average molecular weight is 249 g/mol. The Bertz CT molecular complexity index is 338. The zero-order valence-electron chi connectivity index (χ0n) is 9.29. The molecular weight excluding hydrogens is 235 g/mol. The maximum Gasteiger partial charge on any atom is 0.413 e. The van der Waals surface area contributed by atoms with Gasteiger partial charge in [-0.2, -0.15) is 18.7 Å². The second-order valence-electron chi connectivity index (χ2n) is 3.86. The quantitative estimate of drug-likeness (QED) is 0.619. The second kappa shape index (κ2) is 5.48. The molecule has 17 heavy (non-hydrogen) atoms. The van der Waals surface area contributed by atoms with Crippen molar-refractivity contribution in [1.82, 2.24) is 5.48 Å². The van der Waals surface area contributed by atoms with Crippen LogP contribution < -0.4 is 5.48 Å². The molecule has 0 saturated carbocycles. The summed E-state index contributed by atoms with van der Waals surface area (Å²) >= 11 is 0. The summed E-state index contributed by atoms with van der Waals surface area (Å²) in [5.41, 5.74) is 1.43. The van der Waals surface area contributed by atoms with Crippen molar-refractivity contribution in [3.63, 3.8) is 0 Å². The molecule has 1 unspecified atom stereocenters. The van der Waals surface area contributed by atoms with Crippen LogP contribution in [-0.2, 0) is 10.4 Å². The third-order valence-electron chi connectivity index (χ3n) is 2.15. The van der Waals surface area contributed by atoms with Crippen LogP contribution in [0, 0.1) is 0 Å². The maximum absolute atomic E-state index is 11.8. The van der Waals surface area contributed by atoms with Crippen molar-refractivity contribution in [3.05, 3.63) is 35.9 Å². The van der Waals surface area contributed by atoms with Crippen LogP contribution in [0.15, 0.2) is 30.3 Å². The summed E-state index contributed by atoms with van der Waals surface area (Å²) in [6, 6.07) is 8.63. The molecule has 0 saturated heterocycles. The van der Waals surface area contributed by atoms with Gasteiger partial charge in [-0.25, -0.2) is 0 Å². The Labute approximate surface area is 97.2 Å². The molecule has 0 radical (unpaired) electrons. The van der Waals surface area contributed by atoms with Gasteiger partial charge in [0.2, 0.25) is 0 Å². The van der Waals surface area contributed by atoms with Gasteiger partial charge in [0, 0.05) is 0 Å². The van der Waals surface area contributed by atoms with Crippen molar-refractivity contribution in [2.75, 3.05) is 13.2 Å². The van der Waals surface area contributed by atoms with Crippen LogP contribution in [0.1, 0.15) is 12.5 Å². The van der Waals surface area contributed by atoms with Crippen LogP contribution >= 0.6 is 0 Å². The summed E-state index contributed by atoms with van der Waals surface area (Å²) < 4.78 is 35.3. The van der Waals surface area contributed by atoms with E-state index in [1.165, 1.54) is 6.92 Å². The van der Waals surface area contributed by atoms with E-state index >= 15 is 0 Å². The zero-order valence-corrected chi connectivity index (χ0v) is 9.29. The SMILES string of the molecule is CC(O)(CNOCC(F)(F)F)c1ccccc1. The van der Waals surface area contributed by atoms with E-state index < -0.39 is 18.4 Å². The molecule has 6 heteroatoms. The largest absolute Gasteiger partial charge is 0.413 e. The fraction of sp³-hybridized carbons (Fsp3) is 0.455. The number of aliphatic hydroxyl groups is 1. The highest BCUT2D eigenvalue weighted by Crippen LogP contribution is 2.19. The monoisotopic (exact) mass is 249 g/mol. The number of hydrogen-bond acceptors (Lipinski definition) is 3. The number of halogens is 3. The summed E-state index contributed by atoms with van der Waals surface area (Å²) in [6.45, 7) is -0.0305. The molecular formula is C11H14F3NO2. The van der Waals surface area contributed by atoms with E-state index in [1.54, 1.807) is 30.3 Å². The Hall–Kier alpha value is -1.11. The Kier molecular flexibility index (Phi) is 4.50. The van der Waals surface area contributed by atoms with E-state index in [1.807, 2.05) is 0 Å². The van der Waals surface area contributed by atoms with Crippen molar-refractivity contribution < 1.29 is 23.1 Å². The van der Waals surface area contributed by atoms with Crippen molar-refractivity contribution >= 4 is 0 Å². The normalized spacial score (nSPS) is 15.6. The standard InChI is InChI=1S/C11H14F3NO2/c1-10(16,9-5-3-2-4-6-9)7-15-17-8-11(12,13)14/h2-6,15-16H,7-8H2,1H3. The number of nitrogens with one attached hydrogen (secondary N) is 1. The first kappa shape index (κ1) is 14.0. The molecule has 0 aliphatic rings. The highest BCUT2D eigenvalue weighted by atomic mass is 19.4. The maximum atomic E-state index is 11.8. The number of hydroxylamine groups is 1. The predicted octanol–water partition coefficient (Wildman–Crippen LogP) is 1.98. The first-order valence-electron chi connectivity index (χ1n) is 5.00. The molecule has 1 aromatic rings. The van der Waals surface area contributed by atoms with Gasteiger partial charge in [-0.15, -0.1) is 0 Å². The minimum Gasteiger partial charge on any atom is -0.384 e. The van der Waals surface area contributed by atoms with Crippen LogP contribution in [0.5, 0.6) is 0 Å². The lowest BCUT2D eigenvalue weighted by Gasteiger charge is -2.24. The third-order valence-corrected chi connectivity index (χ3v) is 2.15. The van der Waals surface area contributed by atoms with E-state index in [0.717, 1.165) is 0 Å². The van der Waals surface area contributed by atoms with Crippen LogP contribution in [0.4, 0.5) is 13.2 Å². The molecule has 0 aliphatic heterocycles. The molecule has 0 aromatic heterocycles. The van der Waals surface area contributed by atoms with E-state index in [9.17, 15) is 18.3 Å². The summed E-state index contributed by atoms with van der Waals surface area (Å²) in [5, 5.41) is 9.99. The Morgan fingerprint density at radius 2 is 1.82 bits per heavy atom. The first-order chi connectivity index (χ1) is 7.81. The number of hydrogen-bond donors (Lipinski definition) is 2. The molecule has 0 heterocycles. The van der Waals surface area contributed by atoms with E-state index in [2.05, 4.69) is 10.3 Å². The molecule has 1 atom stereocenters. The molecule has 1 rings (SSSR count). The molecule has 0 aliphatic carbocycles. The number of alkyl halides is 3. The molecule has 96 valence electrons. The summed E-state index contributed by atoms with van der Waals surface area (Å²) in [5.74, 6) is 0. The summed E-state index contributed by atoms with van der Waals surface area (Å²) in [7, 11) is 0. The minimum absolute atomic E-state index is 0.132. The molecule has 0 spiro atoms. The van der Waals surface area contributed by atoms with E-state index in [-0.39, 0.29) is 6.54 Å². The molecule has 0 fully saturated rings. The smallest absolute Gasteiger partial charge is 0.384 e. The Morgan fingerprint density at radius 3 is 2.35 bits per heavy atom. The fourth-order valence-corrected chi connectivity index (χ4v) is 1.22. The van der Waals surface area contributed by atoms with Gasteiger partial charge in [0.1, 0.15) is 5.60 Å². The average Bonchev–Trinajstić information content (AvgIpc) is 2.25. The lowest BCUT2D eigenvalue weighted by molar-refractivity contribution is -0.193. The first-order valence-corrected chi connectivity index (χ1v) is 5.00. The topological polar surface area (TPSA) is 41.5 Å². The van der Waals surface area contributed by atoms with E-state index in [0.29, 0.717) is 5.56 Å². The number of rotatable bonds is 5. The van der Waals surface area contributed by atoms with E-state index in [4.69, 9.17) is 0 Å². The lowest BCUT2D eigenvalue weighted by atomic mass is 9.96. The molecule has 0 amide bonds. The van der Waals surface area contributed by atoms with Gasteiger partial charge in [0.25, 0.3) is 0 Å². The fourth-order valence-electron chi connectivity index (χ4n) is 1.22. The molecule has 1 aromatic carbocycles. The number of benzene rings is 1. The predicted molar refractivity (Wildman–Crippen MR) is 56.0 cm³/mol. The van der Waals surface area contributed by atoms with Gasteiger partial charge in [-0.1, -0.05) is 30.3 Å². The van der Waals surface area contributed by atoms with Crippen molar-refractivity contribution in [2.24, 2.45) is 0 Å². The van der Waals surface area contributed by atoms with Crippen molar-refractivity contribution in [2.45, 2.75) is 18.7 Å². The van der Waals surface area contributed by atoms with Gasteiger partial charge in [0.15, 0.2) is 6.61 Å². The molecule has 0 bridgehead atoms. The lowest BCUT2D eigenvalue weighted by Crippen LogP contribution is -2.37. The van der Waals surface area contributed by atoms with Gasteiger partial charge < -0.3 is 5.11 Å². The van der Waals surface area contributed by atoms with Crippen LogP contribution in [0.2, 0.25) is 0 Å².